The molecule has 2 atom stereocenters. The molecule has 2 N–H and O–H groups in total. The van der Waals surface area contributed by atoms with Gasteiger partial charge in [0.25, 0.3) is 0 Å². The van der Waals surface area contributed by atoms with Crippen molar-refractivity contribution >= 4 is 23.2 Å². The molecule has 0 aromatic heterocycles. The van der Waals surface area contributed by atoms with Gasteiger partial charge in [-0.2, -0.15) is 0 Å². The van der Waals surface area contributed by atoms with E-state index in [1.807, 2.05) is 12.1 Å². The van der Waals surface area contributed by atoms with Crippen LogP contribution in [0.3, 0.4) is 0 Å². The minimum Gasteiger partial charge on any atom is -0.326 e. The largest absolute Gasteiger partial charge is 0.326 e. The van der Waals surface area contributed by atoms with E-state index < -0.39 is 0 Å². The van der Waals surface area contributed by atoms with Crippen molar-refractivity contribution in [1.29, 1.82) is 0 Å². The van der Waals surface area contributed by atoms with Crippen LogP contribution < -0.4 is 5.73 Å². The van der Waals surface area contributed by atoms with Crippen LogP contribution in [-0.2, 0) is 6.42 Å². The van der Waals surface area contributed by atoms with E-state index in [1.54, 1.807) is 6.07 Å². The summed E-state index contributed by atoms with van der Waals surface area (Å²) in [6, 6.07) is 6.24. The van der Waals surface area contributed by atoms with Crippen molar-refractivity contribution in [2.24, 2.45) is 5.73 Å². The van der Waals surface area contributed by atoms with Crippen LogP contribution in [0.25, 0.3) is 0 Å². The fourth-order valence-electron chi connectivity index (χ4n) is 3.14. The highest BCUT2D eigenvalue weighted by Crippen LogP contribution is 2.24. The first-order valence-corrected chi connectivity index (χ1v) is 7.55. The molecule has 2 unspecified atom stereocenters. The van der Waals surface area contributed by atoms with Crippen molar-refractivity contribution in [2.75, 3.05) is 32.7 Å². The third-order valence-electron chi connectivity index (χ3n) is 4.29. The molecule has 19 heavy (non-hydrogen) atoms. The second-order valence-electron chi connectivity index (χ2n) is 5.51. The summed E-state index contributed by atoms with van der Waals surface area (Å²) in [6.07, 6.45) is 0.811. The summed E-state index contributed by atoms with van der Waals surface area (Å²) >= 11 is 12.2. The molecule has 3 fully saturated rings. The number of rotatable bonds is 3. The molecule has 2 bridgehead atoms. The Labute approximate surface area is 124 Å². The Bertz CT molecular complexity index is 458. The summed E-state index contributed by atoms with van der Waals surface area (Å²) in [6.45, 7) is 5.75. The summed E-state index contributed by atoms with van der Waals surface area (Å²) in [5.74, 6) is 0. The van der Waals surface area contributed by atoms with Crippen molar-refractivity contribution in [2.45, 2.75) is 18.5 Å². The standard InChI is InChI=1S/C14H19Cl2N3/c15-11-2-1-10(12(16)8-11)7-13(17)14-9-18-3-5-19(14)6-4-18/h1-2,8,13-14H,3-7,9,17H2. The average molecular weight is 300 g/mol. The molecule has 0 amide bonds. The highest BCUT2D eigenvalue weighted by molar-refractivity contribution is 6.35. The minimum absolute atomic E-state index is 0.127. The van der Waals surface area contributed by atoms with Gasteiger partial charge >= 0.3 is 0 Å². The lowest BCUT2D eigenvalue weighted by Crippen LogP contribution is -2.66. The van der Waals surface area contributed by atoms with Crippen LogP contribution in [0, 0.1) is 0 Å². The molecule has 104 valence electrons. The van der Waals surface area contributed by atoms with Gasteiger partial charge < -0.3 is 5.73 Å². The molecule has 0 spiro atoms. The molecule has 4 rings (SSSR count). The van der Waals surface area contributed by atoms with E-state index in [0.717, 1.165) is 36.6 Å². The van der Waals surface area contributed by atoms with Crippen molar-refractivity contribution in [3.8, 4) is 0 Å². The lowest BCUT2D eigenvalue weighted by molar-refractivity contribution is 0.00259. The molecular formula is C14H19Cl2N3. The molecule has 3 aliphatic rings. The summed E-state index contributed by atoms with van der Waals surface area (Å²) in [5, 5.41) is 1.40. The van der Waals surface area contributed by atoms with Gasteiger partial charge in [-0.05, 0) is 24.1 Å². The smallest absolute Gasteiger partial charge is 0.0453 e. The van der Waals surface area contributed by atoms with E-state index in [0.29, 0.717) is 11.1 Å². The SMILES string of the molecule is NC(Cc1ccc(Cl)cc1Cl)C1CN2CCN1CC2. The lowest BCUT2D eigenvalue weighted by Gasteiger charge is -2.49. The summed E-state index contributed by atoms with van der Waals surface area (Å²) in [7, 11) is 0. The first kappa shape index (κ1) is 13.7. The molecule has 5 heteroatoms. The first-order chi connectivity index (χ1) is 9.13. The predicted octanol–water partition coefficient (Wildman–Crippen LogP) is 1.86. The molecule has 3 saturated heterocycles. The van der Waals surface area contributed by atoms with Crippen LogP contribution in [0.4, 0.5) is 0 Å². The van der Waals surface area contributed by atoms with Gasteiger partial charge in [0.05, 0.1) is 0 Å². The Balaban J connectivity index is 1.69. The van der Waals surface area contributed by atoms with Crippen LogP contribution in [0.15, 0.2) is 18.2 Å². The van der Waals surface area contributed by atoms with E-state index in [-0.39, 0.29) is 6.04 Å². The molecule has 1 aromatic carbocycles. The highest BCUT2D eigenvalue weighted by atomic mass is 35.5. The fraction of sp³-hybridized carbons (Fsp3) is 0.571. The number of hydrogen-bond donors (Lipinski definition) is 1. The Morgan fingerprint density at radius 3 is 2.53 bits per heavy atom. The third kappa shape index (κ3) is 2.91. The van der Waals surface area contributed by atoms with Gasteiger partial charge in [0.15, 0.2) is 0 Å². The number of halogens is 2. The molecule has 3 aliphatic heterocycles. The molecule has 3 nitrogen and oxygen atoms in total. The zero-order valence-corrected chi connectivity index (χ0v) is 12.4. The van der Waals surface area contributed by atoms with Crippen LogP contribution in [-0.4, -0.2) is 54.6 Å². The molecule has 1 aromatic rings. The zero-order chi connectivity index (χ0) is 13.4. The Kier molecular flexibility index (Phi) is 4.01. The summed E-state index contributed by atoms with van der Waals surface area (Å²) in [4.78, 5) is 5.03. The fourth-order valence-corrected chi connectivity index (χ4v) is 3.63. The van der Waals surface area contributed by atoms with Gasteiger partial charge in [-0.15, -0.1) is 0 Å². The van der Waals surface area contributed by atoms with Crippen molar-refractivity contribution < 1.29 is 0 Å². The van der Waals surface area contributed by atoms with E-state index in [2.05, 4.69) is 9.80 Å². The average Bonchev–Trinajstić information content (AvgIpc) is 2.43. The first-order valence-electron chi connectivity index (χ1n) is 6.79. The zero-order valence-electron chi connectivity index (χ0n) is 10.9. The van der Waals surface area contributed by atoms with Crippen LogP contribution in [0.2, 0.25) is 10.0 Å². The van der Waals surface area contributed by atoms with Crippen molar-refractivity contribution in [3.63, 3.8) is 0 Å². The summed E-state index contributed by atoms with van der Waals surface area (Å²) in [5.41, 5.74) is 7.51. The monoisotopic (exact) mass is 299 g/mol. The number of benzene rings is 1. The maximum absolute atomic E-state index is 6.41. The van der Waals surface area contributed by atoms with Crippen molar-refractivity contribution in [3.05, 3.63) is 33.8 Å². The second-order valence-corrected chi connectivity index (χ2v) is 6.35. The van der Waals surface area contributed by atoms with Gasteiger partial charge in [-0.25, -0.2) is 0 Å². The van der Waals surface area contributed by atoms with Crippen LogP contribution >= 0.6 is 23.2 Å². The number of hydrogen-bond acceptors (Lipinski definition) is 3. The number of piperazine rings is 3. The van der Waals surface area contributed by atoms with Gasteiger partial charge in [-0.3, -0.25) is 9.80 Å². The quantitative estimate of drug-likeness (QED) is 0.925. The molecule has 0 radical (unpaired) electrons. The van der Waals surface area contributed by atoms with Crippen molar-refractivity contribution in [1.82, 2.24) is 9.80 Å². The van der Waals surface area contributed by atoms with E-state index in [1.165, 1.54) is 13.1 Å². The molecule has 3 heterocycles. The predicted molar refractivity (Wildman–Crippen MR) is 79.9 cm³/mol. The Morgan fingerprint density at radius 1 is 1.21 bits per heavy atom. The Morgan fingerprint density at radius 2 is 1.95 bits per heavy atom. The Hall–Kier alpha value is -0.320. The van der Waals surface area contributed by atoms with E-state index in [4.69, 9.17) is 28.9 Å². The maximum Gasteiger partial charge on any atom is 0.0453 e. The van der Waals surface area contributed by atoms with Gasteiger partial charge in [0.1, 0.15) is 0 Å². The lowest BCUT2D eigenvalue weighted by atomic mass is 9.95. The summed E-state index contributed by atoms with van der Waals surface area (Å²) < 4.78 is 0. The molecule has 0 aliphatic carbocycles. The van der Waals surface area contributed by atoms with E-state index in [9.17, 15) is 0 Å². The van der Waals surface area contributed by atoms with Gasteiger partial charge in [0.2, 0.25) is 0 Å². The van der Waals surface area contributed by atoms with Crippen LogP contribution in [0.5, 0.6) is 0 Å². The normalized spacial score (nSPS) is 31.4. The third-order valence-corrected chi connectivity index (χ3v) is 4.87. The maximum atomic E-state index is 6.41. The highest BCUT2D eigenvalue weighted by Gasteiger charge is 2.35. The number of nitrogens with two attached hydrogens (primary N) is 1. The van der Waals surface area contributed by atoms with E-state index >= 15 is 0 Å². The van der Waals surface area contributed by atoms with Crippen LogP contribution in [0.1, 0.15) is 5.56 Å². The second kappa shape index (κ2) is 5.58. The molecule has 0 saturated carbocycles. The molecular weight excluding hydrogens is 281 g/mol. The number of fused-ring (bicyclic) bond motifs is 3. The van der Waals surface area contributed by atoms with Gasteiger partial charge in [0, 0.05) is 54.9 Å². The number of nitrogens with zero attached hydrogens (tertiary/aromatic N) is 2. The topological polar surface area (TPSA) is 32.5 Å². The minimum atomic E-state index is 0.127. The van der Waals surface area contributed by atoms with Gasteiger partial charge in [-0.1, -0.05) is 29.3 Å².